The lowest BCUT2D eigenvalue weighted by molar-refractivity contribution is -0.192. The van der Waals surface area contributed by atoms with Gasteiger partial charge in [0.25, 0.3) is 0 Å². The van der Waals surface area contributed by atoms with Crippen molar-refractivity contribution < 1.29 is 44.0 Å². The van der Waals surface area contributed by atoms with Crippen LogP contribution in [0.4, 0.5) is 0 Å². The highest BCUT2D eigenvalue weighted by Crippen LogP contribution is 2.74. The summed E-state index contributed by atoms with van der Waals surface area (Å²) in [5.41, 5.74) is -4.82. The van der Waals surface area contributed by atoms with E-state index in [0.29, 0.717) is 12.8 Å². The number of ether oxygens (including phenoxy) is 2. The molecule has 0 radical (unpaired) electrons. The van der Waals surface area contributed by atoms with E-state index in [2.05, 4.69) is 13.0 Å². The van der Waals surface area contributed by atoms with Crippen molar-refractivity contribution in [3.8, 4) is 0 Å². The molecule has 9 nitrogen and oxygen atoms in total. The Morgan fingerprint density at radius 3 is 2.14 bits per heavy atom. The predicted octanol–water partition coefficient (Wildman–Crippen LogP) is 4.09. The first-order valence-corrected chi connectivity index (χ1v) is 15.7. The van der Waals surface area contributed by atoms with E-state index < -0.39 is 74.8 Å². The number of allylic oxidation sites excluding steroid dienone is 1. The van der Waals surface area contributed by atoms with Crippen molar-refractivity contribution in [2.75, 3.05) is 0 Å². The normalized spacial score (nSPS) is 41.6. The van der Waals surface area contributed by atoms with Crippen LogP contribution in [0.3, 0.4) is 0 Å². The van der Waals surface area contributed by atoms with Gasteiger partial charge in [-0.1, -0.05) is 46.3 Å². The molecular weight excluding hydrogens is 552 g/mol. The highest BCUT2D eigenvalue weighted by molar-refractivity contribution is 5.90. The lowest BCUT2D eigenvalue weighted by atomic mass is 9.38. The molecule has 0 aliphatic heterocycles. The smallest absolute Gasteiger partial charge is 0.303 e. The van der Waals surface area contributed by atoms with E-state index >= 15 is 0 Å². The largest absolute Gasteiger partial charge is 0.460 e. The van der Waals surface area contributed by atoms with E-state index in [4.69, 9.17) is 9.47 Å². The molecule has 0 spiro atoms. The Balaban J connectivity index is 1.70. The van der Waals surface area contributed by atoms with E-state index in [9.17, 15) is 34.5 Å². The zero-order valence-electron chi connectivity index (χ0n) is 27.6. The van der Waals surface area contributed by atoms with Crippen LogP contribution in [0.1, 0.15) is 108 Å². The molecule has 3 saturated carbocycles. The molecule has 4 aliphatic carbocycles. The van der Waals surface area contributed by atoms with Gasteiger partial charge < -0.3 is 24.8 Å². The molecule has 3 fully saturated rings. The van der Waals surface area contributed by atoms with E-state index in [1.54, 1.807) is 13.8 Å². The predicted molar refractivity (Wildman–Crippen MR) is 158 cm³/mol. The maximum Gasteiger partial charge on any atom is 0.303 e. The molecule has 43 heavy (non-hydrogen) atoms. The van der Waals surface area contributed by atoms with E-state index in [1.165, 1.54) is 20.8 Å². The summed E-state index contributed by atoms with van der Waals surface area (Å²) in [6.07, 6.45) is 0.844. The lowest BCUT2D eigenvalue weighted by Gasteiger charge is -2.65. The zero-order valence-corrected chi connectivity index (χ0v) is 27.6. The lowest BCUT2D eigenvalue weighted by Crippen LogP contribution is -2.66. The number of aliphatic hydroxyl groups excluding tert-OH is 2. The standard InChI is InChI=1S/C34H52O9/c1-18(35)42-28-22(37)15-21-20(30(28,5)6)11-12-24-31(7)16-23(38)27(32(31,8)17-26(40)33(21,24)9)34(10,41)25(39)13-14-29(3,4)43-19(2)36/h11,21-24,27-28,37-38,41H,12-17H2,1-10H3/t21-,22+,23-,24+,27?,28-,31+,32-,33+,34+/m1/s1. The summed E-state index contributed by atoms with van der Waals surface area (Å²) in [4.78, 5) is 51.5. The van der Waals surface area contributed by atoms with Gasteiger partial charge in [0, 0.05) is 43.4 Å². The fourth-order valence-electron chi connectivity index (χ4n) is 10.2. The van der Waals surface area contributed by atoms with Gasteiger partial charge >= 0.3 is 11.9 Å². The summed E-state index contributed by atoms with van der Waals surface area (Å²) >= 11 is 0. The maximum absolute atomic E-state index is 14.5. The number of fused-ring (bicyclic) bond motifs is 5. The van der Waals surface area contributed by atoms with Crippen molar-refractivity contribution in [1.29, 1.82) is 0 Å². The van der Waals surface area contributed by atoms with Gasteiger partial charge in [0.2, 0.25) is 0 Å². The van der Waals surface area contributed by atoms with E-state index in [1.807, 2.05) is 27.7 Å². The summed E-state index contributed by atoms with van der Waals surface area (Å²) in [5, 5.41) is 34.7. The van der Waals surface area contributed by atoms with Gasteiger partial charge in [-0.2, -0.15) is 0 Å². The molecule has 9 heteroatoms. The number of ketones is 2. The minimum absolute atomic E-state index is 0.000326. The summed E-state index contributed by atoms with van der Waals surface area (Å²) in [5.74, 6) is -2.74. The van der Waals surface area contributed by atoms with Gasteiger partial charge in [0.1, 0.15) is 23.1 Å². The van der Waals surface area contributed by atoms with Gasteiger partial charge in [0.15, 0.2) is 5.78 Å². The molecule has 0 saturated heterocycles. The minimum atomic E-state index is -1.91. The van der Waals surface area contributed by atoms with Gasteiger partial charge in [-0.25, -0.2) is 0 Å². The first-order chi connectivity index (χ1) is 19.5. The highest BCUT2D eigenvalue weighted by Gasteiger charge is 2.74. The Morgan fingerprint density at radius 1 is 0.977 bits per heavy atom. The molecule has 10 atom stereocenters. The number of hydrogen-bond donors (Lipinski definition) is 3. The van der Waals surface area contributed by atoms with Crippen LogP contribution in [0.25, 0.3) is 0 Å². The fraction of sp³-hybridized carbons (Fsp3) is 0.824. The van der Waals surface area contributed by atoms with Crippen LogP contribution in [0.5, 0.6) is 0 Å². The van der Waals surface area contributed by atoms with Crippen LogP contribution in [-0.4, -0.2) is 68.3 Å². The van der Waals surface area contributed by atoms with Crippen LogP contribution in [0, 0.1) is 39.4 Å². The Bertz CT molecular complexity index is 1230. The third-order valence-electron chi connectivity index (χ3n) is 12.4. The topological polar surface area (TPSA) is 147 Å². The molecule has 4 aliphatic rings. The second-order valence-electron chi connectivity index (χ2n) is 15.9. The molecule has 3 N–H and O–H groups in total. The van der Waals surface area contributed by atoms with Gasteiger partial charge in [-0.05, 0) is 69.1 Å². The summed E-state index contributed by atoms with van der Waals surface area (Å²) in [6.45, 7) is 17.4. The molecule has 0 aromatic carbocycles. The SMILES string of the molecule is CC(=O)O[C@@H]1[C@@H](O)C[C@@H]2C(=CC[C@@H]3[C@@]2(C)C(=O)C[C@]2(C)C([C@@](C)(O)C(=O)CCC(C)(C)OC(C)=O)[C@H](O)C[C@@]32C)C1(C)C. The number of carbonyl (C=O) groups is 4. The summed E-state index contributed by atoms with van der Waals surface area (Å²) in [6, 6.07) is 0. The zero-order chi connectivity index (χ0) is 32.7. The molecule has 242 valence electrons. The number of hydrogen-bond acceptors (Lipinski definition) is 9. The second-order valence-corrected chi connectivity index (χ2v) is 15.9. The van der Waals surface area contributed by atoms with Crippen LogP contribution in [-0.2, 0) is 28.7 Å². The van der Waals surface area contributed by atoms with Gasteiger partial charge in [-0.3, -0.25) is 19.2 Å². The monoisotopic (exact) mass is 604 g/mol. The summed E-state index contributed by atoms with van der Waals surface area (Å²) in [7, 11) is 0. The quantitative estimate of drug-likeness (QED) is 0.289. The molecule has 0 aromatic heterocycles. The minimum Gasteiger partial charge on any atom is -0.460 e. The molecule has 0 amide bonds. The molecule has 4 rings (SSSR count). The Hall–Kier alpha value is -2.10. The van der Waals surface area contributed by atoms with Crippen molar-refractivity contribution in [3.63, 3.8) is 0 Å². The first kappa shape index (κ1) is 33.8. The van der Waals surface area contributed by atoms with Crippen molar-refractivity contribution in [3.05, 3.63) is 11.6 Å². The molecule has 1 unspecified atom stereocenters. The molecular formula is C34H52O9. The maximum atomic E-state index is 14.5. The van der Waals surface area contributed by atoms with Gasteiger partial charge in [0.05, 0.1) is 12.2 Å². The van der Waals surface area contributed by atoms with E-state index in [-0.39, 0.29) is 43.3 Å². The van der Waals surface area contributed by atoms with Gasteiger partial charge in [-0.15, -0.1) is 0 Å². The molecule has 0 heterocycles. The van der Waals surface area contributed by atoms with Crippen LogP contribution >= 0.6 is 0 Å². The van der Waals surface area contributed by atoms with Crippen LogP contribution < -0.4 is 0 Å². The van der Waals surface area contributed by atoms with Crippen molar-refractivity contribution in [2.45, 2.75) is 137 Å². The molecule has 0 aromatic rings. The van der Waals surface area contributed by atoms with Crippen LogP contribution in [0.2, 0.25) is 0 Å². The average Bonchev–Trinajstić information content (AvgIpc) is 3.05. The van der Waals surface area contributed by atoms with E-state index in [0.717, 1.165) is 5.57 Å². The van der Waals surface area contributed by atoms with Crippen molar-refractivity contribution in [1.82, 2.24) is 0 Å². The number of carbonyl (C=O) groups excluding carboxylic acids is 4. The Labute approximate surface area is 255 Å². The van der Waals surface area contributed by atoms with Crippen LogP contribution in [0.15, 0.2) is 11.6 Å². The average molecular weight is 605 g/mol. The Morgan fingerprint density at radius 2 is 1.58 bits per heavy atom. The third-order valence-corrected chi connectivity index (χ3v) is 12.4. The first-order valence-electron chi connectivity index (χ1n) is 15.7. The summed E-state index contributed by atoms with van der Waals surface area (Å²) < 4.78 is 10.9. The number of esters is 2. The molecule has 0 bridgehead atoms. The second kappa shape index (κ2) is 10.5. The fourth-order valence-corrected chi connectivity index (χ4v) is 10.2. The highest BCUT2D eigenvalue weighted by atomic mass is 16.6. The Kier molecular flexibility index (Phi) is 8.23. The third kappa shape index (κ3) is 5.02. The van der Waals surface area contributed by atoms with Crippen molar-refractivity contribution >= 4 is 23.5 Å². The number of rotatable bonds is 7. The number of aliphatic hydroxyl groups is 3. The van der Waals surface area contributed by atoms with Crippen molar-refractivity contribution in [2.24, 2.45) is 39.4 Å². The number of Topliss-reactive ketones (excluding diaryl/α,β-unsaturated/α-hetero) is 2.